The Bertz CT molecular complexity index is 274. The molecule has 0 aliphatic carbocycles. The number of hydrogen-bond acceptors (Lipinski definition) is 3. The largest absolute Gasteiger partial charge is 0.371 e. The lowest BCUT2D eigenvalue weighted by Gasteiger charge is -2.33. The Hall–Kier alpha value is -0.510. The van der Waals surface area contributed by atoms with E-state index >= 15 is 0 Å². The number of halogens is 2. The molecule has 0 unspecified atom stereocenters. The van der Waals surface area contributed by atoms with Crippen LogP contribution >= 0.6 is 24.8 Å². The van der Waals surface area contributed by atoms with Gasteiger partial charge in [-0.05, 0) is 32.0 Å². The van der Waals surface area contributed by atoms with Crippen LogP contribution in [0.1, 0.15) is 12.8 Å². The zero-order valence-corrected chi connectivity index (χ0v) is 11.1. The van der Waals surface area contributed by atoms with Gasteiger partial charge in [-0.3, -0.25) is 4.98 Å². The van der Waals surface area contributed by atoms with E-state index in [9.17, 15) is 0 Å². The fraction of sp³-hybridized carbons (Fsp3) is 0.545. The van der Waals surface area contributed by atoms with E-state index in [-0.39, 0.29) is 24.8 Å². The number of rotatable bonds is 2. The quantitative estimate of drug-likeness (QED) is 0.886. The van der Waals surface area contributed by atoms with Gasteiger partial charge in [-0.15, -0.1) is 24.8 Å². The summed E-state index contributed by atoms with van der Waals surface area (Å²) in [6.07, 6.45) is 6.19. The molecule has 1 aliphatic heterocycles. The fourth-order valence-electron chi connectivity index (χ4n) is 1.98. The van der Waals surface area contributed by atoms with E-state index in [0.29, 0.717) is 6.04 Å². The van der Waals surface area contributed by atoms with E-state index < -0.39 is 0 Å². The highest BCUT2D eigenvalue weighted by atomic mass is 35.5. The van der Waals surface area contributed by atoms with Gasteiger partial charge < -0.3 is 10.2 Å². The zero-order valence-electron chi connectivity index (χ0n) is 9.43. The summed E-state index contributed by atoms with van der Waals surface area (Å²) in [7, 11) is 2.05. The van der Waals surface area contributed by atoms with Crippen molar-refractivity contribution < 1.29 is 0 Å². The normalized spacial score (nSPS) is 16.2. The molecule has 0 atom stereocenters. The predicted molar refractivity (Wildman–Crippen MR) is 73.0 cm³/mol. The van der Waals surface area contributed by atoms with Crippen LogP contribution in [0.25, 0.3) is 0 Å². The third kappa shape index (κ3) is 3.81. The lowest BCUT2D eigenvalue weighted by molar-refractivity contribution is 0.442. The van der Waals surface area contributed by atoms with Crippen LogP contribution in [-0.4, -0.2) is 31.2 Å². The van der Waals surface area contributed by atoms with Crippen molar-refractivity contribution in [2.45, 2.75) is 18.9 Å². The number of hydrogen-bond donors (Lipinski definition) is 1. The molecule has 2 heterocycles. The minimum absolute atomic E-state index is 0. The highest BCUT2D eigenvalue weighted by Gasteiger charge is 2.17. The molecule has 0 saturated carbocycles. The molecule has 1 aromatic rings. The predicted octanol–water partition coefficient (Wildman–Crippen LogP) is 2.11. The standard InChI is InChI=1S/C11H17N3.2ClH/c1-12-10-4-8-14(9-5-10)11-2-6-13-7-3-11;;/h2-3,6-7,10,12H,4-5,8-9H2,1H3;2*1H. The van der Waals surface area contributed by atoms with Crippen LogP contribution in [0.5, 0.6) is 0 Å². The molecule has 5 heteroatoms. The van der Waals surface area contributed by atoms with Crippen LogP contribution in [0.2, 0.25) is 0 Å². The van der Waals surface area contributed by atoms with Crippen molar-refractivity contribution in [1.29, 1.82) is 0 Å². The first-order valence-electron chi connectivity index (χ1n) is 5.22. The van der Waals surface area contributed by atoms with Gasteiger partial charge in [-0.1, -0.05) is 0 Å². The van der Waals surface area contributed by atoms with Crippen molar-refractivity contribution in [1.82, 2.24) is 10.3 Å². The summed E-state index contributed by atoms with van der Waals surface area (Å²) in [6, 6.07) is 4.87. The molecular weight excluding hydrogens is 245 g/mol. The molecule has 1 fully saturated rings. The van der Waals surface area contributed by atoms with Crippen LogP contribution in [0.15, 0.2) is 24.5 Å². The Morgan fingerprint density at radius 1 is 1.19 bits per heavy atom. The van der Waals surface area contributed by atoms with Gasteiger partial charge >= 0.3 is 0 Å². The summed E-state index contributed by atoms with van der Waals surface area (Å²) in [6.45, 7) is 2.30. The van der Waals surface area contributed by atoms with E-state index in [4.69, 9.17) is 0 Å². The Kier molecular flexibility index (Phi) is 7.47. The number of anilines is 1. The second kappa shape index (κ2) is 7.71. The molecule has 1 saturated heterocycles. The SMILES string of the molecule is CNC1CCN(c2ccncc2)CC1.Cl.Cl. The van der Waals surface area contributed by atoms with Crippen LogP contribution < -0.4 is 10.2 Å². The smallest absolute Gasteiger partial charge is 0.0397 e. The molecule has 0 spiro atoms. The number of nitrogens with zero attached hydrogens (tertiary/aromatic N) is 2. The monoisotopic (exact) mass is 263 g/mol. The van der Waals surface area contributed by atoms with E-state index in [0.717, 1.165) is 13.1 Å². The summed E-state index contributed by atoms with van der Waals surface area (Å²) >= 11 is 0. The van der Waals surface area contributed by atoms with Crippen molar-refractivity contribution in [2.24, 2.45) is 0 Å². The second-order valence-corrected chi connectivity index (χ2v) is 3.76. The topological polar surface area (TPSA) is 28.2 Å². The first kappa shape index (κ1) is 15.5. The molecule has 0 bridgehead atoms. The van der Waals surface area contributed by atoms with Gasteiger partial charge in [0.2, 0.25) is 0 Å². The van der Waals surface area contributed by atoms with E-state index in [2.05, 4.69) is 27.3 Å². The fourth-order valence-corrected chi connectivity index (χ4v) is 1.98. The van der Waals surface area contributed by atoms with Crippen LogP contribution in [0.3, 0.4) is 0 Å². The molecule has 1 aromatic heterocycles. The van der Waals surface area contributed by atoms with Gasteiger partial charge in [0.1, 0.15) is 0 Å². The average Bonchev–Trinajstić information content (AvgIpc) is 2.30. The van der Waals surface area contributed by atoms with Crippen molar-refractivity contribution in [3.8, 4) is 0 Å². The molecule has 1 N–H and O–H groups in total. The van der Waals surface area contributed by atoms with E-state index in [1.165, 1.54) is 18.5 Å². The van der Waals surface area contributed by atoms with Crippen molar-refractivity contribution in [3.63, 3.8) is 0 Å². The van der Waals surface area contributed by atoms with Gasteiger partial charge in [-0.2, -0.15) is 0 Å². The molecule has 16 heavy (non-hydrogen) atoms. The van der Waals surface area contributed by atoms with Crippen LogP contribution in [-0.2, 0) is 0 Å². The Morgan fingerprint density at radius 2 is 1.75 bits per heavy atom. The second-order valence-electron chi connectivity index (χ2n) is 3.76. The summed E-state index contributed by atoms with van der Waals surface area (Å²) in [5, 5.41) is 3.34. The van der Waals surface area contributed by atoms with Gasteiger partial charge in [-0.25, -0.2) is 0 Å². The van der Waals surface area contributed by atoms with Crippen molar-refractivity contribution in [2.75, 3.05) is 25.0 Å². The highest BCUT2D eigenvalue weighted by molar-refractivity contribution is 5.85. The third-order valence-corrected chi connectivity index (χ3v) is 2.93. The maximum Gasteiger partial charge on any atom is 0.0397 e. The maximum atomic E-state index is 4.03. The molecule has 2 rings (SSSR count). The minimum Gasteiger partial charge on any atom is -0.371 e. The number of pyridine rings is 1. The maximum absolute atomic E-state index is 4.03. The molecule has 92 valence electrons. The zero-order chi connectivity index (χ0) is 9.80. The first-order valence-corrected chi connectivity index (χ1v) is 5.22. The van der Waals surface area contributed by atoms with Crippen molar-refractivity contribution >= 4 is 30.5 Å². The van der Waals surface area contributed by atoms with Gasteiger partial charge in [0.05, 0.1) is 0 Å². The van der Waals surface area contributed by atoms with Crippen molar-refractivity contribution in [3.05, 3.63) is 24.5 Å². The summed E-state index contributed by atoms with van der Waals surface area (Å²) in [5.74, 6) is 0. The summed E-state index contributed by atoms with van der Waals surface area (Å²) < 4.78 is 0. The summed E-state index contributed by atoms with van der Waals surface area (Å²) in [5.41, 5.74) is 1.30. The number of piperidine rings is 1. The van der Waals surface area contributed by atoms with Gasteiger partial charge in [0, 0.05) is 37.2 Å². The van der Waals surface area contributed by atoms with Crippen LogP contribution in [0, 0.1) is 0 Å². The molecule has 1 aliphatic rings. The molecule has 0 radical (unpaired) electrons. The molecule has 0 amide bonds. The van der Waals surface area contributed by atoms with E-state index in [1.807, 2.05) is 19.4 Å². The number of aromatic nitrogens is 1. The van der Waals surface area contributed by atoms with Gasteiger partial charge in [0.25, 0.3) is 0 Å². The molecular formula is C11H19Cl2N3. The Labute approximate surface area is 109 Å². The third-order valence-electron chi connectivity index (χ3n) is 2.93. The van der Waals surface area contributed by atoms with Gasteiger partial charge in [0.15, 0.2) is 0 Å². The van der Waals surface area contributed by atoms with Crippen LogP contribution in [0.4, 0.5) is 5.69 Å². The Balaban J connectivity index is 0.00000112. The first-order chi connectivity index (χ1) is 6.90. The lowest BCUT2D eigenvalue weighted by Crippen LogP contribution is -2.41. The average molecular weight is 264 g/mol. The highest BCUT2D eigenvalue weighted by Crippen LogP contribution is 2.18. The number of nitrogens with one attached hydrogen (secondary N) is 1. The Morgan fingerprint density at radius 3 is 2.25 bits per heavy atom. The summed E-state index contributed by atoms with van der Waals surface area (Å²) in [4.78, 5) is 6.46. The minimum atomic E-state index is 0. The molecule has 3 nitrogen and oxygen atoms in total. The lowest BCUT2D eigenvalue weighted by atomic mass is 10.1. The molecule has 0 aromatic carbocycles. The van der Waals surface area contributed by atoms with E-state index in [1.54, 1.807) is 0 Å².